The maximum absolute atomic E-state index is 12.3. The highest BCUT2D eigenvalue weighted by Crippen LogP contribution is 2.25. The van der Waals surface area contributed by atoms with Gasteiger partial charge in [-0.1, -0.05) is 6.07 Å². The highest BCUT2D eigenvalue weighted by atomic mass is 16.5. The molecular formula is C18H19N3O2. The number of anilines is 1. The summed E-state index contributed by atoms with van der Waals surface area (Å²) < 4.78 is 7.20. The molecule has 2 heterocycles. The number of aromatic nitrogens is 2. The standard InChI is InChI=1S/C18H19N3O2/c1-12-4-5-16(23-3)15(8-12)20-18(22)10-14-11-21-7-6-13(2)9-17(21)19-14/h4-9,11H,10H2,1-3H3,(H,20,22). The molecular weight excluding hydrogens is 290 g/mol. The number of rotatable bonds is 4. The molecule has 5 heteroatoms. The summed E-state index contributed by atoms with van der Waals surface area (Å²) in [5.41, 5.74) is 4.46. The largest absolute Gasteiger partial charge is 0.495 e. The van der Waals surface area contributed by atoms with Crippen molar-refractivity contribution in [2.75, 3.05) is 12.4 Å². The van der Waals surface area contributed by atoms with Gasteiger partial charge in [0, 0.05) is 12.4 Å². The summed E-state index contributed by atoms with van der Waals surface area (Å²) in [4.78, 5) is 16.8. The molecule has 2 aromatic heterocycles. The van der Waals surface area contributed by atoms with E-state index in [0.717, 1.165) is 22.5 Å². The van der Waals surface area contributed by atoms with Crippen molar-refractivity contribution in [2.45, 2.75) is 20.3 Å². The zero-order valence-electron chi connectivity index (χ0n) is 13.5. The van der Waals surface area contributed by atoms with Gasteiger partial charge < -0.3 is 14.5 Å². The zero-order valence-corrected chi connectivity index (χ0v) is 13.5. The van der Waals surface area contributed by atoms with E-state index < -0.39 is 0 Å². The minimum absolute atomic E-state index is 0.117. The maximum atomic E-state index is 12.3. The van der Waals surface area contributed by atoms with Crippen LogP contribution in [0.2, 0.25) is 0 Å². The molecule has 1 N–H and O–H groups in total. The normalized spacial score (nSPS) is 10.7. The van der Waals surface area contributed by atoms with E-state index in [0.29, 0.717) is 11.4 Å². The van der Waals surface area contributed by atoms with Crippen LogP contribution in [0.4, 0.5) is 5.69 Å². The van der Waals surface area contributed by atoms with Crippen LogP contribution in [0.5, 0.6) is 5.75 Å². The molecule has 0 aliphatic carbocycles. The average Bonchev–Trinajstić information content (AvgIpc) is 2.88. The van der Waals surface area contributed by atoms with E-state index in [1.165, 1.54) is 0 Å². The summed E-state index contributed by atoms with van der Waals surface area (Å²) >= 11 is 0. The first kappa shape index (κ1) is 15.1. The van der Waals surface area contributed by atoms with Gasteiger partial charge in [0.05, 0.1) is 24.9 Å². The number of methoxy groups -OCH3 is 1. The first-order valence-corrected chi connectivity index (χ1v) is 7.44. The average molecular weight is 309 g/mol. The Hall–Kier alpha value is -2.82. The van der Waals surface area contributed by atoms with Crippen LogP contribution in [0.1, 0.15) is 16.8 Å². The summed E-state index contributed by atoms with van der Waals surface area (Å²) in [6, 6.07) is 9.68. The number of ether oxygens (including phenoxy) is 1. The zero-order chi connectivity index (χ0) is 16.4. The fourth-order valence-electron chi connectivity index (χ4n) is 2.50. The van der Waals surface area contributed by atoms with E-state index in [-0.39, 0.29) is 12.3 Å². The molecule has 1 amide bonds. The maximum Gasteiger partial charge on any atom is 0.230 e. The Balaban J connectivity index is 1.77. The Labute approximate surface area is 134 Å². The topological polar surface area (TPSA) is 55.6 Å². The van der Waals surface area contributed by atoms with Gasteiger partial charge in [-0.25, -0.2) is 4.98 Å². The third-order valence-corrected chi connectivity index (χ3v) is 3.64. The second-order valence-electron chi connectivity index (χ2n) is 5.63. The fraction of sp³-hybridized carbons (Fsp3) is 0.222. The van der Waals surface area contributed by atoms with Crippen molar-refractivity contribution in [3.63, 3.8) is 0 Å². The molecule has 0 atom stereocenters. The number of imidazole rings is 1. The van der Waals surface area contributed by atoms with Crippen molar-refractivity contribution in [3.05, 3.63) is 59.5 Å². The minimum Gasteiger partial charge on any atom is -0.495 e. The van der Waals surface area contributed by atoms with Crippen LogP contribution >= 0.6 is 0 Å². The third kappa shape index (κ3) is 3.34. The second-order valence-corrected chi connectivity index (χ2v) is 5.63. The molecule has 0 saturated heterocycles. The number of carbonyl (C=O) groups excluding carboxylic acids is 1. The molecule has 23 heavy (non-hydrogen) atoms. The lowest BCUT2D eigenvalue weighted by Gasteiger charge is -2.10. The van der Waals surface area contributed by atoms with E-state index in [2.05, 4.69) is 10.3 Å². The number of hydrogen-bond acceptors (Lipinski definition) is 3. The van der Waals surface area contributed by atoms with Crippen LogP contribution in [0.25, 0.3) is 5.65 Å². The molecule has 0 aliphatic heterocycles. The number of amides is 1. The van der Waals surface area contributed by atoms with Crippen LogP contribution in [-0.2, 0) is 11.2 Å². The molecule has 0 aliphatic rings. The van der Waals surface area contributed by atoms with Gasteiger partial charge in [0.15, 0.2) is 0 Å². The summed E-state index contributed by atoms with van der Waals surface area (Å²) in [5.74, 6) is 0.531. The van der Waals surface area contributed by atoms with Crippen LogP contribution in [0.3, 0.4) is 0 Å². The van der Waals surface area contributed by atoms with Gasteiger partial charge in [-0.3, -0.25) is 4.79 Å². The predicted molar refractivity (Wildman–Crippen MR) is 90.0 cm³/mol. The van der Waals surface area contributed by atoms with Crippen molar-refractivity contribution in [3.8, 4) is 5.75 Å². The van der Waals surface area contributed by atoms with Gasteiger partial charge in [-0.15, -0.1) is 0 Å². The molecule has 5 nitrogen and oxygen atoms in total. The first-order chi connectivity index (χ1) is 11.0. The monoisotopic (exact) mass is 309 g/mol. The van der Waals surface area contributed by atoms with E-state index in [9.17, 15) is 4.79 Å². The summed E-state index contributed by atoms with van der Waals surface area (Å²) in [6.07, 6.45) is 4.04. The number of hydrogen-bond donors (Lipinski definition) is 1. The van der Waals surface area contributed by atoms with E-state index >= 15 is 0 Å². The lowest BCUT2D eigenvalue weighted by Crippen LogP contribution is -2.15. The highest BCUT2D eigenvalue weighted by molar-refractivity contribution is 5.93. The number of benzene rings is 1. The fourth-order valence-corrected chi connectivity index (χ4v) is 2.50. The van der Waals surface area contributed by atoms with Gasteiger partial charge in [-0.05, 0) is 49.2 Å². The van der Waals surface area contributed by atoms with Gasteiger partial charge in [0.2, 0.25) is 5.91 Å². The Kier molecular flexibility index (Phi) is 4.02. The SMILES string of the molecule is COc1ccc(C)cc1NC(=O)Cc1cn2ccc(C)cc2n1. The molecule has 0 fully saturated rings. The smallest absolute Gasteiger partial charge is 0.230 e. The van der Waals surface area contributed by atoms with Gasteiger partial charge in [-0.2, -0.15) is 0 Å². The van der Waals surface area contributed by atoms with Crippen LogP contribution in [0.15, 0.2) is 42.7 Å². The summed E-state index contributed by atoms with van der Waals surface area (Å²) in [6.45, 7) is 3.99. The molecule has 0 spiro atoms. The number of carbonyl (C=O) groups is 1. The van der Waals surface area contributed by atoms with Crippen molar-refractivity contribution in [1.29, 1.82) is 0 Å². The first-order valence-electron chi connectivity index (χ1n) is 7.44. The van der Waals surface area contributed by atoms with Gasteiger partial charge in [0.25, 0.3) is 0 Å². The van der Waals surface area contributed by atoms with Crippen molar-refractivity contribution in [2.24, 2.45) is 0 Å². The van der Waals surface area contributed by atoms with Crippen molar-refractivity contribution >= 4 is 17.2 Å². The number of pyridine rings is 1. The Morgan fingerprint density at radius 1 is 1.22 bits per heavy atom. The van der Waals surface area contributed by atoms with E-state index in [4.69, 9.17) is 4.74 Å². The number of fused-ring (bicyclic) bond motifs is 1. The summed E-state index contributed by atoms with van der Waals surface area (Å²) in [7, 11) is 1.59. The van der Waals surface area contributed by atoms with E-state index in [1.54, 1.807) is 7.11 Å². The number of aryl methyl sites for hydroxylation is 2. The Morgan fingerprint density at radius 2 is 2.00 bits per heavy atom. The molecule has 3 aromatic rings. The van der Waals surface area contributed by atoms with Gasteiger partial charge >= 0.3 is 0 Å². The molecule has 0 radical (unpaired) electrons. The molecule has 118 valence electrons. The molecule has 0 bridgehead atoms. The van der Waals surface area contributed by atoms with Crippen LogP contribution in [-0.4, -0.2) is 22.4 Å². The Bertz CT molecular complexity index is 868. The second kappa shape index (κ2) is 6.12. The third-order valence-electron chi connectivity index (χ3n) is 3.64. The molecule has 3 rings (SSSR count). The predicted octanol–water partition coefficient (Wildman–Crippen LogP) is 3.14. The minimum atomic E-state index is -0.117. The number of nitrogens with one attached hydrogen (secondary N) is 1. The quantitative estimate of drug-likeness (QED) is 0.805. The van der Waals surface area contributed by atoms with Crippen molar-refractivity contribution in [1.82, 2.24) is 9.38 Å². The summed E-state index contributed by atoms with van der Waals surface area (Å²) in [5, 5.41) is 2.89. The number of nitrogens with zero attached hydrogens (tertiary/aromatic N) is 2. The van der Waals surface area contributed by atoms with Crippen LogP contribution in [0, 0.1) is 13.8 Å². The van der Waals surface area contributed by atoms with Gasteiger partial charge in [0.1, 0.15) is 11.4 Å². The molecule has 1 aromatic carbocycles. The van der Waals surface area contributed by atoms with E-state index in [1.807, 2.05) is 61.0 Å². The Morgan fingerprint density at radius 3 is 2.78 bits per heavy atom. The molecule has 0 unspecified atom stereocenters. The van der Waals surface area contributed by atoms with Crippen LogP contribution < -0.4 is 10.1 Å². The van der Waals surface area contributed by atoms with Crippen molar-refractivity contribution < 1.29 is 9.53 Å². The highest BCUT2D eigenvalue weighted by Gasteiger charge is 2.11. The molecule has 0 saturated carbocycles. The lowest BCUT2D eigenvalue weighted by molar-refractivity contribution is -0.115. The lowest BCUT2D eigenvalue weighted by atomic mass is 10.2.